The number of carboxylic acid groups (broad SMARTS) is 1. The lowest BCUT2D eigenvalue weighted by atomic mass is 10.1. The van der Waals surface area contributed by atoms with E-state index in [-0.39, 0.29) is 5.56 Å². The van der Waals surface area contributed by atoms with Crippen LogP contribution in [0.4, 0.5) is 0 Å². The van der Waals surface area contributed by atoms with Gasteiger partial charge in [0.1, 0.15) is 0 Å². The summed E-state index contributed by atoms with van der Waals surface area (Å²) in [5.74, 6) is -1.15. The van der Waals surface area contributed by atoms with Crippen molar-refractivity contribution in [3.8, 4) is 0 Å². The summed E-state index contributed by atoms with van der Waals surface area (Å²) in [4.78, 5) is 10.3. The number of hydrogen-bond acceptors (Lipinski definition) is 2. The van der Waals surface area contributed by atoms with Gasteiger partial charge in [0.05, 0.1) is 5.97 Å². The molecule has 0 heterocycles. The maximum Gasteiger partial charge on any atom is 0.0715 e. The number of allylic oxidation sites excluding steroid dienone is 1. The van der Waals surface area contributed by atoms with Gasteiger partial charge in [-0.2, -0.15) is 0 Å². The average molecular weight is 161 g/mol. The molecule has 0 aromatic heterocycles. The Bertz CT molecular complexity index is 276. The predicted octanol–water partition coefficient (Wildman–Crippen LogP) is 1.08. The van der Waals surface area contributed by atoms with Crippen LogP contribution in [-0.4, -0.2) is 5.97 Å². The molecule has 0 aliphatic carbocycles. The second kappa shape index (κ2) is 3.22. The Morgan fingerprint density at radius 3 is 2.00 bits per heavy atom. The van der Waals surface area contributed by atoms with Crippen LogP contribution >= 0.6 is 0 Å². The van der Waals surface area contributed by atoms with Gasteiger partial charge in [-0.25, -0.2) is 0 Å². The highest BCUT2D eigenvalue weighted by atomic mass is 16.4. The molecule has 0 aliphatic rings. The maximum atomic E-state index is 10.3. The molecule has 1 rings (SSSR count). The smallest absolute Gasteiger partial charge is 0.0715 e. The highest BCUT2D eigenvalue weighted by molar-refractivity contribution is 5.86. The molecule has 12 heavy (non-hydrogen) atoms. The quantitative estimate of drug-likeness (QED) is 0.651. The summed E-state index contributed by atoms with van der Waals surface area (Å²) in [5, 5.41) is 10.3. The molecule has 2 heteroatoms. The zero-order chi connectivity index (χ0) is 9.14. The van der Waals surface area contributed by atoms with Gasteiger partial charge in [-0.05, 0) is 18.1 Å². The van der Waals surface area contributed by atoms with Crippen molar-refractivity contribution in [2.75, 3.05) is 0 Å². The molecule has 0 aliphatic heterocycles. The molecule has 1 aromatic rings. The Kier molecular flexibility index (Phi) is 2.29. The van der Waals surface area contributed by atoms with E-state index in [1.54, 1.807) is 12.1 Å². The molecule has 2 nitrogen and oxygen atoms in total. The molecule has 0 radical (unpaired) electrons. The average Bonchev–Trinajstić information content (AvgIpc) is 2.04. The Hall–Kier alpha value is -1.57. The second-order valence-corrected chi connectivity index (χ2v) is 2.65. The van der Waals surface area contributed by atoms with Gasteiger partial charge in [0.2, 0.25) is 0 Å². The van der Waals surface area contributed by atoms with E-state index in [4.69, 9.17) is 0 Å². The summed E-state index contributed by atoms with van der Waals surface area (Å²) in [5.41, 5.74) is 2.06. The monoisotopic (exact) mass is 161 g/mol. The lowest BCUT2D eigenvalue weighted by Crippen LogP contribution is -2.21. The van der Waals surface area contributed by atoms with E-state index in [0.29, 0.717) is 0 Å². The van der Waals surface area contributed by atoms with E-state index < -0.39 is 5.97 Å². The molecule has 62 valence electrons. The first-order valence-corrected chi connectivity index (χ1v) is 3.58. The third-order valence-corrected chi connectivity index (χ3v) is 1.61. The van der Waals surface area contributed by atoms with Crippen molar-refractivity contribution in [3.05, 3.63) is 42.0 Å². The first kappa shape index (κ1) is 8.53. The lowest BCUT2D eigenvalue weighted by Gasteiger charge is -2.03. The maximum absolute atomic E-state index is 10.3. The van der Waals surface area contributed by atoms with E-state index >= 15 is 0 Å². The molecular formula is C10H9O2-. The van der Waals surface area contributed by atoms with E-state index in [2.05, 4.69) is 6.58 Å². The van der Waals surface area contributed by atoms with Gasteiger partial charge >= 0.3 is 0 Å². The largest absolute Gasteiger partial charge is 0.545 e. The summed E-state index contributed by atoms with van der Waals surface area (Å²) in [6.07, 6.45) is 0. The zero-order valence-corrected chi connectivity index (χ0v) is 6.83. The summed E-state index contributed by atoms with van der Waals surface area (Å²) >= 11 is 0. The standard InChI is InChI=1S/C10H10O2/c1-7(2)8-3-5-9(6-4-8)10(11)12/h3-6H,1H2,2H3,(H,11,12)/p-1. The lowest BCUT2D eigenvalue weighted by molar-refractivity contribution is -0.255. The number of carbonyl (C=O) groups excluding carboxylic acids is 1. The molecule has 0 amide bonds. The number of benzene rings is 1. The minimum atomic E-state index is -1.15. The topological polar surface area (TPSA) is 40.1 Å². The van der Waals surface area contributed by atoms with Crippen molar-refractivity contribution in [3.63, 3.8) is 0 Å². The minimum Gasteiger partial charge on any atom is -0.545 e. The molecule has 0 spiro atoms. The number of hydrogen-bond donors (Lipinski definition) is 0. The molecule has 0 atom stereocenters. The third kappa shape index (κ3) is 1.72. The van der Waals surface area contributed by atoms with Crippen molar-refractivity contribution in [1.29, 1.82) is 0 Å². The molecule has 0 fully saturated rings. The fourth-order valence-corrected chi connectivity index (χ4v) is 0.891. The van der Waals surface area contributed by atoms with Crippen LogP contribution in [0.2, 0.25) is 0 Å². The van der Waals surface area contributed by atoms with Crippen LogP contribution in [-0.2, 0) is 0 Å². The molecule has 1 aromatic carbocycles. The summed E-state index contributed by atoms with van der Waals surface area (Å²) in [6, 6.07) is 6.46. The normalized spacial score (nSPS) is 9.42. The van der Waals surface area contributed by atoms with Crippen molar-refractivity contribution in [2.45, 2.75) is 6.92 Å². The predicted molar refractivity (Wildman–Crippen MR) is 45.5 cm³/mol. The molecule has 0 N–H and O–H groups in total. The molecular weight excluding hydrogens is 152 g/mol. The number of carboxylic acids is 1. The van der Waals surface area contributed by atoms with E-state index in [1.165, 1.54) is 12.1 Å². The van der Waals surface area contributed by atoms with E-state index in [0.717, 1.165) is 11.1 Å². The highest BCUT2D eigenvalue weighted by Crippen LogP contribution is 2.11. The van der Waals surface area contributed by atoms with Crippen molar-refractivity contribution in [2.24, 2.45) is 0 Å². The van der Waals surface area contributed by atoms with E-state index in [9.17, 15) is 9.90 Å². The summed E-state index contributed by atoms with van der Waals surface area (Å²) in [7, 11) is 0. The van der Waals surface area contributed by atoms with Crippen molar-refractivity contribution in [1.82, 2.24) is 0 Å². The minimum absolute atomic E-state index is 0.194. The first-order valence-electron chi connectivity index (χ1n) is 3.58. The van der Waals surface area contributed by atoms with Gasteiger partial charge in [-0.1, -0.05) is 36.4 Å². The Balaban J connectivity index is 3.01. The molecule has 0 saturated heterocycles. The molecule has 0 unspecified atom stereocenters. The van der Waals surface area contributed by atoms with Gasteiger partial charge in [0.15, 0.2) is 0 Å². The number of carbonyl (C=O) groups is 1. The van der Waals surface area contributed by atoms with Crippen molar-refractivity contribution < 1.29 is 9.90 Å². The summed E-state index contributed by atoms with van der Waals surface area (Å²) in [6.45, 7) is 5.61. The molecule has 0 saturated carbocycles. The second-order valence-electron chi connectivity index (χ2n) is 2.65. The molecule has 0 bridgehead atoms. The van der Waals surface area contributed by atoms with Crippen LogP contribution in [0, 0.1) is 0 Å². The van der Waals surface area contributed by atoms with Gasteiger partial charge in [-0.3, -0.25) is 0 Å². The highest BCUT2D eigenvalue weighted by Gasteiger charge is 1.94. The van der Waals surface area contributed by atoms with Gasteiger partial charge in [0, 0.05) is 0 Å². The van der Waals surface area contributed by atoms with Crippen LogP contribution in [0.15, 0.2) is 30.8 Å². The van der Waals surface area contributed by atoms with Gasteiger partial charge in [0.25, 0.3) is 0 Å². The number of rotatable bonds is 2. The van der Waals surface area contributed by atoms with Crippen LogP contribution in [0.25, 0.3) is 5.57 Å². The summed E-state index contributed by atoms with van der Waals surface area (Å²) < 4.78 is 0. The Morgan fingerprint density at radius 1 is 1.25 bits per heavy atom. The van der Waals surface area contributed by atoms with Crippen molar-refractivity contribution >= 4 is 11.5 Å². The number of aromatic carboxylic acids is 1. The van der Waals surface area contributed by atoms with E-state index in [1.807, 2.05) is 6.92 Å². The Labute approximate surface area is 71.2 Å². The third-order valence-electron chi connectivity index (χ3n) is 1.61. The fourth-order valence-electron chi connectivity index (χ4n) is 0.891. The van der Waals surface area contributed by atoms with Crippen LogP contribution in [0.5, 0.6) is 0 Å². The van der Waals surface area contributed by atoms with Gasteiger partial charge < -0.3 is 9.90 Å². The van der Waals surface area contributed by atoms with Crippen LogP contribution < -0.4 is 5.11 Å². The zero-order valence-electron chi connectivity index (χ0n) is 6.83. The van der Waals surface area contributed by atoms with Gasteiger partial charge in [-0.15, -0.1) is 0 Å². The SMILES string of the molecule is C=C(C)c1ccc(C(=O)[O-])cc1. The first-order chi connectivity index (χ1) is 5.61. The Morgan fingerprint density at radius 2 is 1.67 bits per heavy atom. The van der Waals surface area contributed by atoms with Crippen LogP contribution in [0.3, 0.4) is 0 Å². The fraction of sp³-hybridized carbons (Fsp3) is 0.100. The van der Waals surface area contributed by atoms with Crippen LogP contribution in [0.1, 0.15) is 22.8 Å².